The Morgan fingerprint density at radius 2 is 1.79 bits per heavy atom. The minimum absolute atomic E-state index is 0.256. The van der Waals surface area contributed by atoms with E-state index >= 15 is 0 Å². The van der Waals surface area contributed by atoms with Crippen molar-refractivity contribution in [3.05, 3.63) is 52.8 Å². The number of anilines is 1. The summed E-state index contributed by atoms with van der Waals surface area (Å²) >= 11 is 0. The third kappa shape index (κ3) is 2.62. The smallest absolute Gasteiger partial charge is 0.436 e. The number of nitrogens with two attached hydrogens (primary N) is 1. The molecule has 0 aliphatic heterocycles. The maximum absolute atomic E-state index is 12.4. The van der Waals surface area contributed by atoms with Gasteiger partial charge >= 0.3 is 6.18 Å². The largest absolute Gasteiger partial charge is 0.449 e. The van der Waals surface area contributed by atoms with Gasteiger partial charge in [-0.25, -0.2) is 0 Å². The van der Waals surface area contributed by atoms with Crippen LogP contribution in [0.5, 0.6) is 0 Å². The Morgan fingerprint density at radius 3 is 2.26 bits per heavy atom. The van der Waals surface area contributed by atoms with Gasteiger partial charge in [0.25, 0.3) is 0 Å². The number of carbonyl (C=O) groups is 1. The van der Waals surface area contributed by atoms with Gasteiger partial charge < -0.3 is 10.2 Å². The molecule has 2 N–H and O–H groups in total. The number of benzene rings is 1. The van der Waals surface area contributed by atoms with Crippen molar-refractivity contribution in [2.24, 2.45) is 0 Å². The summed E-state index contributed by atoms with van der Waals surface area (Å²) in [6.45, 7) is 1.84. The number of hydrogen-bond acceptors (Lipinski definition) is 3. The molecule has 1 heterocycles. The summed E-state index contributed by atoms with van der Waals surface area (Å²) in [6.07, 6.45) is -4.67. The minimum atomic E-state index is -4.67. The zero-order valence-electron chi connectivity index (χ0n) is 9.91. The van der Waals surface area contributed by atoms with Crippen LogP contribution in [-0.4, -0.2) is 5.78 Å². The van der Waals surface area contributed by atoms with E-state index in [4.69, 9.17) is 5.73 Å². The van der Waals surface area contributed by atoms with Crippen molar-refractivity contribution < 1.29 is 22.4 Å². The molecule has 1 aromatic heterocycles. The predicted molar refractivity (Wildman–Crippen MR) is 62.7 cm³/mol. The van der Waals surface area contributed by atoms with Gasteiger partial charge in [0.1, 0.15) is 0 Å². The van der Waals surface area contributed by atoms with Crippen molar-refractivity contribution in [3.63, 3.8) is 0 Å². The Bertz CT molecular complexity index is 612. The Kier molecular flexibility index (Phi) is 3.09. The van der Waals surface area contributed by atoms with Crippen LogP contribution in [0, 0.1) is 6.92 Å². The van der Waals surface area contributed by atoms with E-state index in [1.165, 1.54) is 12.1 Å². The third-order valence-electron chi connectivity index (χ3n) is 2.60. The first-order valence-corrected chi connectivity index (χ1v) is 5.37. The fraction of sp³-hybridized carbons (Fsp3) is 0.154. The van der Waals surface area contributed by atoms with Crippen LogP contribution < -0.4 is 5.73 Å². The molecule has 0 atom stereocenters. The first kappa shape index (κ1) is 13.2. The van der Waals surface area contributed by atoms with Gasteiger partial charge in [0.05, 0.1) is 5.56 Å². The van der Waals surface area contributed by atoms with Gasteiger partial charge in [0, 0.05) is 11.6 Å². The van der Waals surface area contributed by atoms with Gasteiger partial charge in [0.15, 0.2) is 5.78 Å². The van der Waals surface area contributed by atoms with E-state index in [1.807, 2.05) is 6.92 Å². The molecule has 2 rings (SSSR count). The van der Waals surface area contributed by atoms with Crippen LogP contribution in [0.4, 0.5) is 19.1 Å². The Balaban J connectivity index is 2.39. The number of carbonyl (C=O) groups excluding carboxylic acids is 1. The van der Waals surface area contributed by atoms with E-state index < -0.39 is 23.6 Å². The van der Waals surface area contributed by atoms with E-state index in [0.717, 1.165) is 5.56 Å². The molecule has 0 radical (unpaired) electrons. The summed E-state index contributed by atoms with van der Waals surface area (Å²) in [6, 6.07) is 7.05. The molecule has 19 heavy (non-hydrogen) atoms. The summed E-state index contributed by atoms with van der Waals surface area (Å²) < 4.78 is 41.7. The van der Waals surface area contributed by atoms with Crippen LogP contribution in [0.3, 0.4) is 0 Å². The maximum Gasteiger partial charge on any atom is 0.449 e. The molecule has 0 saturated heterocycles. The van der Waals surface area contributed by atoms with E-state index in [0.29, 0.717) is 6.07 Å². The van der Waals surface area contributed by atoms with Crippen LogP contribution in [0.2, 0.25) is 0 Å². The highest BCUT2D eigenvalue weighted by molar-refractivity contribution is 6.11. The number of alkyl halides is 3. The molecule has 0 bridgehead atoms. The molecule has 0 aliphatic carbocycles. The lowest BCUT2D eigenvalue weighted by Crippen LogP contribution is -2.04. The van der Waals surface area contributed by atoms with E-state index in [2.05, 4.69) is 4.42 Å². The van der Waals surface area contributed by atoms with Crippen LogP contribution in [-0.2, 0) is 6.18 Å². The second-order valence-electron chi connectivity index (χ2n) is 4.08. The molecular weight excluding hydrogens is 259 g/mol. The molecule has 0 fully saturated rings. The van der Waals surface area contributed by atoms with Gasteiger partial charge in [-0.15, -0.1) is 0 Å². The average molecular weight is 269 g/mol. The average Bonchev–Trinajstić information content (AvgIpc) is 2.71. The first-order valence-electron chi connectivity index (χ1n) is 5.37. The number of nitrogen functional groups attached to an aromatic ring is 1. The monoisotopic (exact) mass is 269 g/mol. The lowest BCUT2D eigenvalue weighted by atomic mass is 10.0. The lowest BCUT2D eigenvalue weighted by Gasteiger charge is -1.99. The van der Waals surface area contributed by atoms with Crippen molar-refractivity contribution >= 4 is 11.7 Å². The van der Waals surface area contributed by atoms with Crippen molar-refractivity contribution in [2.45, 2.75) is 13.1 Å². The Hall–Kier alpha value is -2.24. The summed E-state index contributed by atoms with van der Waals surface area (Å²) in [5, 5.41) is 0. The standard InChI is InChI=1S/C13H10F3NO2/c1-7-2-4-8(5-3-7)11(18)9-6-10(13(14,15)16)19-12(9)17/h2-6H,17H2,1H3. The quantitative estimate of drug-likeness (QED) is 0.850. The summed E-state index contributed by atoms with van der Waals surface area (Å²) in [5.41, 5.74) is 6.23. The predicted octanol–water partition coefficient (Wildman–Crippen LogP) is 3.42. The van der Waals surface area contributed by atoms with E-state index in [1.54, 1.807) is 12.1 Å². The highest BCUT2D eigenvalue weighted by Gasteiger charge is 2.37. The number of hydrogen-bond donors (Lipinski definition) is 1. The summed E-state index contributed by atoms with van der Waals surface area (Å²) in [4.78, 5) is 12.0. The van der Waals surface area contributed by atoms with Crippen LogP contribution >= 0.6 is 0 Å². The topological polar surface area (TPSA) is 56.2 Å². The molecule has 0 amide bonds. The number of furan rings is 1. The Labute approximate surface area is 106 Å². The van der Waals surface area contributed by atoms with Gasteiger partial charge in [-0.3, -0.25) is 4.79 Å². The molecule has 0 spiro atoms. The highest BCUT2D eigenvalue weighted by atomic mass is 19.4. The van der Waals surface area contributed by atoms with Crippen LogP contribution in [0.1, 0.15) is 27.2 Å². The van der Waals surface area contributed by atoms with Crippen molar-refractivity contribution in [1.82, 2.24) is 0 Å². The summed E-state index contributed by atoms with van der Waals surface area (Å²) in [7, 11) is 0. The molecule has 100 valence electrons. The number of rotatable bonds is 2. The van der Waals surface area contributed by atoms with Gasteiger partial charge in [0.2, 0.25) is 11.6 Å². The molecule has 6 heteroatoms. The Morgan fingerprint density at radius 1 is 1.21 bits per heavy atom. The zero-order valence-corrected chi connectivity index (χ0v) is 9.91. The molecule has 0 saturated carbocycles. The normalized spacial score (nSPS) is 11.6. The molecule has 1 aromatic carbocycles. The number of ketones is 1. The SMILES string of the molecule is Cc1ccc(C(=O)c2cc(C(F)(F)F)oc2N)cc1. The number of halogens is 3. The fourth-order valence-corrected chi connectivity index (χ4v) is 1.58. The van der Waals surface area contributed by atoms with Crippen LogP contribution in [0.15, 0.2) is 34.7 Å². The second-order valence-corrected chi connectivity index (χ2v) is 4.08. The molecule has 0 unspecified atom stereocenters. The fourth-order valence-electron chi connectivity index (χ4n) is 1.58. The summed E-state index contributed by atoms with van der Waals surface area (Å²) in [5.74, 6) is -2.41. The first-order chi connectivity index (χ1) is 8.79. The van der Waals surface area contributed by atoms with Gasteiger partial charge in [-0.05, 0) is 6.92 Å². The molecule has 3 nitrogen and oxygen atoms in total. The third-order valence-corrected chi connectivity index (χ3v) is 2.60. The lowest BCUT2D eigenvalue weighted by molar-refractivity contribution is -0.152. The molecular formula is C13H10F3NO2. The van der Waals surface area contributed by atoms with Crippen molar-refractivity contribution in [2.75, 3.05) is 5.73 Å². The molecule has 2 aromatic rings. The minimum Gasteiger partial charge on any atom is -0.436 e. The van der Waals surface area contributed by atoms with E-state index in [-0.39, 0.29) is 11.1 Å². The number of aryl methyl sites for hydroxylation is 1. The highest BCUT2D eigenvalue weighted by Crippen LogP contribution is 2.34. The van der Waals surface area contributed by atoms with Crippen molar-refractivity contribution in [1.29, 1.82) is 0 Å². The van der Waals surface area contributed by atoms with Crippen LogP contribution in [0.25, 0.3) is 0 Å². The van der Waals surface area contributed by atoms with E-state index in [9.17, 15) is 18.0 Å². The maximum atomic E-state index is 12.4. The van der Waals surface area contributed by atoms with Crippen molar-refractivity contribution in [3.8, 4) is 0 Å². The molecule has 0 aliphatic rings. The van der Waals surface area contributed by atoms with Gasteiger partial charge in [-0.1, -0.05) is 29.8 Å². The van der Waals surface area contributed by atoms with Gasteiger partial charge in [-0.2, -0.15) is 13.2 Å². The zero-order chi connectivity index (χ0) is 14.2. The second kappa shape index (κ2) is 4.46.